The number of nitrogens with two attached hydrogens (primary N) is 1. The molecular formula is C12H20N6O3. The molecule has 2 rings (SSSR count). The summed E-state index contributed by atoms with van der Waals surface area (Å²) in [5.74, 6) is 0.802. The predicted molar refractivity (Wildman–Crippen MR) is 79.3 cm³/mol. The fourth-order valence-corrected chi connectivity index (χ4v) is 2.45. The maximum Gasteiger partial charge on any atom is 0.353 e. The molecule has 0 spiro atoms. The molecule has 1 atom stereocenters. The van der Waals surface area contributed by atoms with E-state index >= 15 is 0 Å². The average molecular weight is 296 g/mol. The van der Waals surface area contributed by atoms with Gasteiger partial charge in [0.15, 0.2) is 0 Å². The molecule has 0 bridgehead atoms. The van der Waals surface area contributed by atoms with Gasteiger partial charge in [-0.3, -0.25) is 10.1 Å². The third-order valence-corrected chi connectivity index (χ3v) is 3.43. The van der Waals surface area contributed by atoms with E-state index in [-0.39, 0.29) is 30.5 Å². The van der Waals surface area contributed by atoms with Gasteiger partial charge < -0.3 is 21.1 Å². The molecule has 0 aliphatic carbocycles. The van der Waals surface area contributed by atoms with Crippen molar-refractivity contribution in [3.8, 4) is 0 Å². The van der Waals surface area contributed by atoms with E-state index in [2.05, 4.69) is 22.2 Å². The minimum atomic E-state index is -0.613. The summed E-state index contributed by atoms with van der Waals surface area (Å²) in [5.41, 5.74) is 5.36. The number of nitrogens with zero attached hydrogens (tertiary/aromatic N) is 4. The van der Waals surface area contributed by atoms with Gasteiger partial charge in [0.05, 0.1) is 11.5 Å². The standard InChI is InChI=1S/C12H20N6O3/c1-8-3-2-5-17(7-8)12-15-10(13)9(18(20)21)11(16-12)14-4-6-19/h8,19H,2-7H2,1H3,(H3,13,14,15,16). The van der Waals surface area contributed by atoms with E-state index in [1.807, 2.05) is 4.90 Å². The summed E-state index contributed by atoms with van der Waals surface area (Å²) in [6.07, 6.45) is 2.18. The molecule has 0 radical (unpaired) electrons. The first-order chi connectivity index (χ1) is 10.0. The number of anilines is 3. The van der Waals surface area contributed by atoms with E-state index in [1.165, 1.54) is 0 Å². The summed E-state index contributed by atoms with van der Waals surface area (Å²) in [4.78, 5) is 20.7. The van der Waals surface area contributed by atoms with Crippen LogP contribution in [0.2, 0.25) is 0 Å². The third kappa shape index (κ3) is 3.48. The van der Waals surface area contributed by atoms with Crippen molar-refractivity contribution in [2.45, 2.75) is 19.8 Å². The summed E-state index contributed by atoms with van der Waals surface area (Å²) in [7, 11) is 0. The number of piperidine rings is 1. The van der Waals surface area contributed by atoms with Gasteiger partial charge in [0.1, 0.15) is 0 Å². The quantitative estimate of drug-likeness (QED) is 0.532. The zero-order chi connectivity index (χ0) is 15.4. The van der Waals surface area contributed by atoms with Crippen molar-refractivity contribution in [1.82, 2.24) is 9.97 Å². The number of aliphatic hydroxyl groups is 1. The summed E-state index contributed by atoms with van der Waals surface area (Å²) in [5, 5.41) is 22.7. The highest BCUT2D eigenvalue weighted by atomic mass is 16.6. The SMILES string of the molecule is CC1CCCN(c2nc(N)c([N+](=O)[O-])c(NCCO)n2)C1. The molecule has 1 aliphatic heterocycles. The van der Waals surface area contributed by atoms with Crippen LogP contribution in [-0.4, -0.2) is 46.2 Å². The molecule has 1 aliphatic rings. The van der Waals surface area contributed by atoms with Gasteiger partial charge in [-0.05, 0) is 18.8 Å². The Kier molecular flexibility index (Phi) is 4.73. The molecule has 9 heteroatoms. The van der Waals surface area contributed by atoms with Crippen molar-refractivity contribution in [2.75, 3.05) is 42.2 Å². The fourth-order valence-electron chi connectivity index (χ4n) is 2.45. The largest absolute Gasteiger partial charge is 0.395 e. The summed E-state index contributed by atoms with van der Waals surface area (Å²) in [6.45, 7) is 3.76. The molecule has 1 aromatic heterocycles. The molecular weight excluding hydrogens is 276 g/mol. The van der Waals surface area contributed by atoms with Gasteiger partial charge >= 0.3 is 5.69 Å². The normalized spacial score (nSPS) is 18.6. The van der Waals surface area contributed by atoms with Crippen LogP contribution in [0.1, 0.15) is 19.8 Å². The number of hydrogen-bond donors (Lipinski definition) is 3. The van der Waals surface area contributed by atoms with Crippen molar-refractivity contribution in [3.05, 3.63) is 10.1 Å². The van der Waals surface area contributed by atoms with Gasteiger partial charge in [-0.1, -0.05) is 6.92 Å². The van der Waals surface area contributed by atoms with Gasteiger partial charge in [-0.25, -0.2) is 0 Å². The van der Waals surface area contributed by atoms with Gasteiger partial charge in [-0.15, -0.1) is 0 Å². The van der Waals surface area contributed by atoms with E-state index in [1.54, 1.807) is 0 Å². The molecule has 4 N–H and O–H groups in total. The molecule has 0 saturated carbocycles. The van der Waals surface area contributed by atoms with Gasteiger partial charge in [0.2, 0.25) is 17.6 Å². The lowest BCUT2D eigenvalue weighted by molar-refractivity contribution is -0.383. The van der Waals surface area contributed by atoms with Crippen molar-refractivity contribution < 1.29 is 10.0 Å². The lowest BCUT2D eigenvalue weighted by Crippen LogP contribution is -2.35. The van der Waals surface area contributed by atoms with Crippen LogP contribution in [0.25, 0.3) is 0 Å². The van der Waals surface area contributed by atoms with Gasteiger partial charge in [-0.2, -0.15) is 9.97 Å². The van der Waals surface area contributed by atoms with E-state index < -0.39 is 4.92 Å². The maximum atomic E-state index is 11.1. The predicted octanol–water partition coefficient (Wildman–Crippen LogP) is 0.607. The van der Waals surface area contributed by atoms with Gasteiger partial charge in [0.25, 0.3) is 0 Å². The van der Waals surface area contributed by atoms with Crippen molar-refractivity contribution in [3.63, 3.8) is 0 Å². The number of aliphatic hydroxyl groups excluding tert-OH is 1. The summed E-state index contributed by atoms with van der Waals surface area (Å²) >= 11 is 0. The van der Waals surface area contributed by atoms with E-state index in [4.69, 9.17) is 10.8 Å². The van der Waals surface area contributed by atoms with Crippen molar-refractivity contribution in [1.29, 1.82) is 0 Å². The topological polar surface area (TPSA) is 130 Å². The van der Waals surface area contributed by atoms with E-state index in [9.17, 15) is 10.1 Å². The average Bonchev–Trinajstić information content (AvgIpc) is 2.44. The minimum absolute atomic E-state index is 0.0507. The Morgan fingerprint density at radius 3 is 2.95 bits per heavy atom. The first-order valence-electron chi connectivity index (χ1n) is 6.94. The van der Waals surface area contributed by atoms with Crippen molar-refractivity contribution in [2.24, 2.45) is 5.92 Å². The first kappa shape index (κ1) is 15.2. The first-order valence-corrected chi connectivity index (χ1v) is 6.94. The van der Waals surface area contributed by atoms with Gasteiger partial charge in [0, 0.05) is 19.6 Å². The van der Waals surface area contributed by atoms with Crippen LogP contribution in [0.4, 0.5) is 23.3 Å². The zero-order valence-electron chi connectivity index (χ0n) is 11.9. The fraction of sp³-hybridized carbons (Fsp3) is 0.667. The van der Waals surface area contributed by atoms with Crippen LogP contribution >= 0.6 is 0 Å². The highest BCUT2D eigenvalue weighted by Crippen LogP contribution is 2.31. The Bertz CT molecular complexity index is 524. The smallest absolute Gasteiger partial charge is 0.353 e. The molecule has 116 valence electrons. The number of nitrogens with one attached hydrogen (secondary N) is 1. The second-order valence-electron chi connectivity index (χ2n) is 5.21. The Morgan fingerprint density at radius 2 is 2.33 bits per heavy atom. The van der Waals surface area contributed by atoms with E-state index in [0.717, 1.165) is 25.9 Å². The van der Waals surface area contributed by atoms with Crippen molar-refractivity contribution >= 4 is 23.3 Å². The summed E-state index contributed by atoms with van der Waals surface area (Å²) < 4.78 is 0. The number of nitrogen functional groups attached to an aromatic ring is 1. The molecule has 2 heterocycles. The van der Waals surface area contributed by atoms with Crippen LogP contribution in [0, 0.1) is 16.0 Å². The molecule has 1 aromatic rings. The lowest BCUT2D eigenvalue weighted by Gasteiger charge is -2.31. The van der Waals surface area contributed by atoms with Crippen LogP contribution < -0.4 is 16.0 Å². The third-order valence-electron chi connectivity index (χ3n) is 3.43. The van der Waals surface area contributed by atoms with Crippen LogP contribution in [0.3, 0.4) is 0 Å². The molecule has 1 unspecified atom stereocenters. The number of hydrogen-bond acceptors (Lipinski definition) is 8. The maximum absolute atomic E-state index is 11.1. The Hall–Kier alpha value is -2.16. The molecule has 9 nitrogen and oxygen atoms in total. The zero-order valence-corrected chi connectivity index (χ0v) is 11.9. The van der Waals surface area contributed by atoms with Crippen LogP contribution in [0.5, 0.6) is 0 Å². The van der Waals surface area contributed by atoms with Crippen LogP contribution in [0.15, 0.2) is 0 Å². The second-order valence-corrected chi connectivity index (χ2v) is 5.21. The Morgan fingerprint density at radius 1 is 1.57 bits per heavy atom. The monoisotopic (exact) mass is 296 g/mol. The van der Waals surface area contributed by atoms with Crippen LogP contribution in [-0.2, 0) is 0 Å². The number of aromatic nitrogens is 2. The number of rotatable bonds is 5. The Labute approximate surface area is 122 Å². The lowest BCUT2D eigenvalue weighted by atomic mass is 10.0. The molecule has 1 saturated heterocycles. The molecule has 0 aromatic carbocycles. The molecule has 1 fully saturated rings. The summed E-state index contributed by atoms with van der Waals surface area (Å²) in [6, 6.07) is 0. The minimum Gasteiger partial charge on any atom is -0.395 e. The Balaban J connectivity index is 2.34. The highest BCUT2D eigenvalue weighted by molar-refractivity contribution is 5.70. The second kappa shape index (κ2) is 6.53. The van der Waals surface area contributed by atoms with E-state index in [0.29, 0.717) is 11.9 Å². The number of nitro groups is 1. The molecule has 0 amide bonds. The molecule has 21 heavy (non-hydrogen) atoms. The highest BCUT2D eigenvalue weighted by Gasteiger charge is 2.26.